The van der Waals surface area contributed by atoms with Crippen molar-refractivity contribution < 1.29 is 18.0 Å². The number of nitrogens with one attached hydrogen (secondary N) is 1. The first-order valence-electron chi connectivity index (χ1n) is 8.75. The van der Waals surface area contributed by atoms with E-state index >= 15 is 0 Å². The van der Waals surface area contributed by atoms with Crippen LogP contribution in [0.25, 0.3) is 0 Å². The Balaban J connectivity index is 1.58. The highest BCUT2D eigenvalue weighted by Gasteiger charge is 2.29. The van der Waals surface area contributed by atoms with Crippen molar-refractivity contribution in [3.63, 3.8) is 0 Å². The van der Waals surface area contributed by atoms with Crippen LogP contribution in [0.1, 0.15) is 27.7 Å². The molecule has 1 atom stereocenters. The average molecular weight is 368 g/mol. The van der Waals surface area contributed by atoms with Gasteiger partial charge in [0.25, 0.3) is 5.91 Å². The number of carbonyl (C=O) groups is 1. The van der Waals surface area contributed by atoms with Crippen LogP contribution in [0, 0.1) is 11.6 Å². The van der Waals surface area contributed by atoms with Crippen molar-refractivity contribution in [3.05, 3.63) is 89.4 Å². The van der Waals surface area contributed by atoms with Gasteiger partial charge < -0.3 is 14.6 Å². The van der Waals surface area contributed by atoms with Gasteiger partial charge in [0, 0.05) is 18.8 Å². The number of hydrogen-bond donors (Lipinski definition) is 1. The van der Waals surface area contributed by atoms with E-state index in [4.69, 9.17) is 4.42 Å². The highest BCUT2D eigenvalue weighted by Crippen LogP contribution is 2.35. The highest BCUT2D eigenvalue weighted by atomic mass is 19.1. The number of amides is 1. The monoisotopic (exact) mass is 368 g/mol. The van der Waals surface area contributed by atoms with Crippen molar-refractivity contribution in [3.8, 4) is 0 Å². The quantitative estimate of drug-likeness (QED) is 0.738. The number of furan rings is 1. The molecule has 0 radical (unpaired) electrons. The molecular weight excluding hydrogens is 350 g/mol. The molecule has 27 heavy (non-hydrogen) atoms. The van der Waals surface area contributed by atoms with Crippen molar-refractivity contribution in [1.29, 1.82) is 0 Å². The van der Waals surface area contributed by atoms with Gasteiger partial charge in [0.05, 0.1) is 6.26 Å². The lowest BCUT2D eigenvalue weighted by molar-refractivity contribution is 0.0941. The zero-order valence-electron chi connectivity index (χ0n) is 14.5. The summed E-state index contributed by atoms with van der Waals surface area (Å²) in [4.78, 5) is 14.5. The van der Waals surface area contributed by atoms with E-state index in [-0.39, 0.29) is 12.6 Å². The lowest BCUT2D eigenvalue weighted by Gasteiger charge is -2.29. The topological polar surface area (TPSA) is 45.5 Å². The summed E-state index contributed by atoms with van der Waals surface area (Å²) >= 11 is 0. The summed E-state index contributed by atoms with van der Waals surface area (Å²) in [7, 11) is 0. The molecule has 0 unspecified atom stereocenters. The first kappa shape index (κ1) is 17.3. The molecule has 4 nitrogen and oxygen atoms in total. The minimum atomic E-state index is -0.881. The Morgan fingerprint density at radius 1 is 1.07 bits per heavy atom. The summed E-state index contributed by atoms with van der Waals surface area (Å²) in [6, 6.07) is 14.8. The predicted octanol–water partition coefficient (Wildman–Crippen LogP) is 4.09. The molecule has 2 heterocycles. The summed E-state index contributed by atoms with van der Waals surface area (Å²) in [5.74, 6) is -1.86. The van der Waals surface area contributed by atoms with E-state index in [1.54, 1.807) is 12.3 Å². The molecule has 0 saturated carbocycles. The Hall–Kier alpha value is -3.15. The molecule has 0 spiro atoms. The molecule has 4 rings (SSSR count). The maximum absolute atomic E-state index is 13.9. The number of nitrogens with zero attached hydrogens (tertiary/aromatic N) is 1. The number of halogens is 2. The van der Waals surface area contributed by atoms with Crippen molar-refractivity contribution >= 4 is 11.6 Å². The van der Waals surface area contributed by atoms with E-state index in [0.29, 0.717) is 5.76 Å². The van der Waals surface area contributed by atoms with Gasteiger partial charge in [0.1, 0.15) is 29.0 Å². The van der Waals surface area contributed by atoms with E-state index in [2.05, 4.69) is 16.3 Å². The van der Waals surface area contributed by atoms with Gasteiger partial charge in [-0.25, -0.2) is 8.78 Å². The van der Waals surface area contributed by atoms with Gasteiger partial charge in [0.2, 0.25) is 0 Å². The summed E-state index contributed by atoms with van der Waals surface area (Å²) in [5.41, 5.74) is 1.73. The fraction of sp³-hybridized carbons (Fsp3) is 0.190. The maximum atomic E-state index is 13.9. The van der Waals surface area contributed by atoms with E-state index in [0.717, 1.165) is 30.8 Å². The van der Waals surface area contributed by atoms with Crippen LogP contribution in [0.5, 0.6) is 0 Å². The molecule has 138 valence electrons. The summed E-state index contributed by atoms with van der Waals surface area (Å²) in [5, 5.41) is 2.66. The van der Waals surface area contributed by atoms with Gasteiger partial charge in [-0.15, -0.1) is 0 Å². The third-order valence-corrected chi connectivity index (χ3v) is 4.82. The second-order valence-electron chi connectivity index (χ2n) is 6.41. The molecule has 3 aromatic rings. The minimum absolute atomic E-state index is 0.161. The Morgan fingerprint density at radius 2 is 1.85 bits per heavy atom. The lowest BCUT2D eigenvalue weighted by atomic mass is 10.1. The van der Waals surface area contributed by atoms with Crippen molar-refractivity contribution in [2.45, 2.75) is 12.5 Å². The molecule has 0 saturated heterocycles. The first-order chi connectivity index (χ1) is 13.1. The van der Waals surface area contributed by atoms with Gasteiger partial charge in [-0.05, 0) is 42.3 Å². The molecule has 1 aliphatic rings. The van der Waals surface area contributed by atoms with Crippen molar-refractivity contribution in [2.24, 2.45) is 0 Å². The van der Waals surface area contributed by atoms with Crippen LogP contribution in [-0.4, -0.2) is 19.0 Å². The summed E-state index contributed by atoms with van der Waals surface area (Å²) in [6.45, 7) is 0.934. The molecule has 0 bridgehead atoms. The van der Waals surface area contributed by atoms with Gasteiger partial charge >= 0.3 is 0 Å². The zero-order chi connectivity index (χ0) is 18.8. The molecule has 1 N–H and O–H groups in total. The van der Waals surface area contributed by atoms with Crippen LogP contribution in [0.2, 0.25) is 0 Å². The first-order valence-corrected chi connectivity index (χ1v) is 8.75. The Bertz CT molecular complexity index is 936. The van der Waals surface area contributed by atoms with Gasteiger partial charge in [-0.1, -0.05) is 24.3 Å². The van der Waals surface area contributed by atoms with E-state index in [9.17, 15) is 13.6 Å². The highest BCUT2D eigenvalue weighted by molar-refractivity contribution is 5.94. The number of fused-ring (bicyclic) bond motifs is 1. The number of anilines is 1. The van der Waals surface area contributed by atoms with Gasteiger partial charge in [-0.2, -0.15) is 0 Å². The van der Waals surface area contributed by atoms with Crippen LogP contribution in [0.3, 0.4) is 0 Å². The number of hydrogen-bond acceptors (Lipinski definition) is 3. The number of para-hydroxylation sites is 1. The van der Waals surface area contributed by atoms with Crippen molar-refractivity contribution in [2.75, 3.05) is 18.0 Å². The molecule has 6 heteroatoms. The maximum Gasteiger partial charge on any atom is 0.257 e. The Kier molecular flexibility index (Phi) is 4.62. The lowest BCUT2D eigenvalue weighted by Crippen LogP contribution is -2.37. The molecular formula is C21H18F2N2O2. The number of benzene rings is 2. The fourth-order valence-corrected chi connectivity index (χ4v) is 3.53. The zero-order valence-corrected chi connectivity index (χ0v) is 14.5. The van der Waals surface area contributed by atoms with Gasteiger partial charge in [-0.3, -0.25) is 4.79 Å². The van der Waals surface area contributed by atoms with Crippen LogP contribution in [0.4, 0.5) is 14.5 Å². The Labute approximate surface area is 155 Å². The fourth-order valence-electron chi connectivity index (χ4n) is 3.53. The molecule has 1 aromatic heterocycles. The summed E-state index contributed by atoms with van der Waals surface area (Å²) < 4.78 is 33.3. The third kappa shape index (κ3) is 3.30. The van der Waals surface area contributed by atoms with E-state index in [1.165, 1.54) is 11.6 Å². The standard InChI is InChI=1S/C21H18F2N2O2/c22-15-6-3-7-16(23)20(15)21(26)24-13-18(19-9-4-12-27-19)25-11-10-14-5-1-2-8-17(14)25/h1-9,12,18H,10-11,13H2,(H,24,26)/t18-/m0/s1. The van der Waals surface area contributed by atoms with Crippen LogP contribution >= 0.6 is 0 Å². The Morgan fingerprint density at radius 3 is 2.59 bits per heavy atom. The minimum Gasteiger partial charge on any atom is -0.467 e. The van der Waals surface area contributed by atoms with Crippen LogP contribution in [0.15, 0.2) is 65.3 Å². The average Bonchev–Trinajstić information content (AvgIpc) is 3.32. The largest absolute Gasteiger partial charge is 0.467 e. The predicted molar refractivity (Wildman–Crippen MR) is 97.6 cm³/mol. The SMILES string of the molecule is O=C(NC[C@@H](c1ccco1)N1CCc2ccccc21)c1c(F)cccc1F. The normalized spacial score (nSPS) is 14.1. The van der Waals surface area contributed by atoms with Crippen molar-refractivity contribution in [1.82, 2.24) is 5.32 Å². The van der Waals surface area contributed by atoms with Gasteiger partial charge in [0.15, 0.2) is 0 Å². The molecule has 1 amide bonds. The van der Waals surface area contributed by atoms with E-state index < -0.39 is 23.1 Å². The second-order valence-corrected chi connectivity index (χ2v) is 6.41. The summed E-state index contributed by atoms with van der Waals surface area (Å²) in [6.07, 6.45) is 2.46. The third-order valence-electron chi connectivity index (χ3n) is 4.82. The number of carbonyl (C=O) groups excluding carboxylic acids is 1. The van der Waals surface area contributed by atoms with E-state index in [1.807, 2.05) is 24.3 Å². The van der Waals surface area contributed by atoms with Crippen LogP contribution < -0.4 is 10.2 Å². The molecule has 1 aliphatic heterocycles. The second kappa shape index (κ2) is 7.23. The molecule has 0 aliphatic carbocycles. The smallest absolute Gasteiger partial charge is 0.257 e. The molecule has 2 aromatic carbocycles. The van der Waals surface area contributed by atoms with Crippen LogP contribution in [-0.2, 0) is 6.42 Å². The molecule has 0 fully saturated rings. The number of rotatable bonds is 5.